The fourth-order valence-electron chi connectivity index (χ4n) is 3.78. The smallest absolute Gasteiger partial charge is 0.243 e. The fourth-order valence-corrected chi connectivity index (χ4v) is 5.44. The third-order valence-corrected chi connectivity index (χ3v) is 7.99. The van der Waals surface area contributed by atoms with Crippen molar-refractivity contribution >= 4 is 58.4 Å². The van der Waals surface area contributed by atoms with Crippen molar-refractivity contribution in [1.29, 1.82) is 0 Å². The van der Waals surface area contributed by atoms with E-state index in [9.17, 15) is 9.59 Å². The molecule has 3 aromatic carbocycles. The SMILES string of the molecule is CCC(C)NC(=O)C(Cc1ccccc1)N(Cc1ccccc1Cl)C(=O)CSCc1ccc(Cl)cc1Cl. The molecule has 0 aliphatic carbocycles. The van der Waals surface area contributed by atoms with Gasteiger partial charge in [-0.15, -0.1) is 11.8 Å². The summed E-state index contributed by atoms with van der Waals surface area (Å²) >= 11 is 20.2. The Balaban J connectivity index is 1.87. The molecule has 2 atom stereocenters. The van der Waals surface area contributed by atoms with Gasteiger partial charge in [-0.2, -0.15) is 0 Å². The van der Waals surface area contributed by atoms with Gasteiger partial charge < -0.3 is 10.2 Å². The molecule has 0 aliphatic rings. The van der Waals surface area contributed by atoms with Crippen LogP contribution in [0.4, 0.5) is 0 Å². The molecule has 0 heterocycles. The summed E-state index contributed by atoms with van der Waals surface area (Å²) in [5.74, 6) is 0.412. The quantitative estimate of drug-likeness (QED) is 0.243. The molecule has 8 heteroatoms. The molecule has 196 valence electrons. The Bertz CT molecular complexity index is 1190. The molecule has 1 N–H and O–H groups in total. The van der Waals surface area contributed by atoms with Crippen LogP contribution >= 0.6 is 46.6 Å². The van der Waals surface area contributed by atoms with Crippen molar-refractivity contribution in [3.63, 3.8) is 0 Å². The van der Waals surface area contributed by atoms with Crippen LogP contribution in [0.1, 0.15) is 37.0 Å². The average Bonchev–Trinajstić information content (AvgIpc) is 2.88. The highest BCUT2D eigenvalue weighted by Crippen LogP contribution is 2.26. The number of hydrogen-bond donors (Lipinski definition) is 1. The van der Waals surface area contributed by atoms with E-state index in [1.54, 1.807) is 23.1 Å². The van der Waals surface area contributed by atoms with Gasteiger partial charge >= 0.3 is 0 Å². The number of carbonyl (C=O) groups is 2. The first-order valence-corrected chi connectivity index (χ1v) is 14.5. The lowest BCUT2D eigenvalue weighted by Gasteiger charge is -2.32. The van der Waals surface area contributed by atoms with Crippen LogP contribution in [0.25, 0.3) is 0 Å². The lowest BCUT2D eigenvalue weighted by molar-refractivity contribution is -0.139. The largest absolute Gasteiger partial charge is 0.352 e. The number of amides is 2. The van der Waals surface area contributed by atoms with Crippen molar-refractivity contribution in [2.45, 2.75) is 51.1 Å². The predicted molar refractivity (Wildman–Crippen MR) is 156 cm³/mol. The summed E-state index contributed by atoms with van der Waals surface area (Å²) in [4.78, 5) is 28.9. The minimum Gasteiger partial charge on any atom is -0.352 e. The van der Waals surface area contributed by atoms with Gasteiger partial charge in [0, 0.05) is 39.8 Å². The number of thioether (sulfide) groups is 1. The van der Waals surface area contributed by atoms with Gasteiger partial charge in [0.2, 0.25) is 11.8 Å². The first kappa shape index (κ1) is 29.4. The van der Waals surface area contributed by atoms with Crippen LogP contribution < -0.4 is 5.32 Å². The monoisotopic (exact) mass is 576 g/mol. The molecule has 3 aromatic rings. The Kier molecular flexibility index (Phi) is 11.7. The molecule has 0 spiro atoms. The number of rotatable bonds is 12. The second kappa shape index (κ2) is 14.7. The zero-order chi connectivity index (χ0) is 26.8. The van der Waals surface area contributed by atoms with Crippen molar-refractivity contribution < 1.29 is 9.59 Å². The van der Waals surface area contributed by atoms with E-state index in [0.29, 0.717) is 27.2 Å². The normalized spacial score (nSPS) is 12.6. The molecule has 0 aliphatic heterocycles. The molecule has 0 saturated heterocycles. The third-order valence-electron chi connectivity index (χ3n) is 6.07. The molecule has 0 bridgehead atoms. The molecular weight excluding hydrogens is 547 g/mol. The molecule has 37 heavy (non-hydrogen) atoms. The van der Waals surface area contributed by atoms with E-state index in [4.69, 9.17) is 34.8 Å². The van der Waals surface area contributed by atoms with Crippen LogP contribution in [-0.4, -0.2) is 34.6 Å². The van der Waals surface area contributed by atoms with Gasteiger partial charge in [0.1, 0.15) is 6.04 Å². The van der Waals surface area contributed by atoms with Gasteiger partial charge in [-0.25, -0.2) is 0 Å². The Hall–Kier alpha value is -2.18. The Morgan fingerprint density at radius 3 is 2.30 bits per heavy atom. The van der Waals surface area contributed by atoms with Crippen molar-refractivity contribution in [3.8, 4) is 0 Å². The summed E-state index contributed by atoms with van der Waals surface area (Å²) in [5.41, 5.74) is 2.67. The summed E-state index contributed by atoms with van der Waals surface area (Å²) in [6.45, 7) is 4.21. The third kappa shape index (κ3) is 8.96. The highest BCUT2D eigenvalue weighted by Gasteiger charge is 2.31. The summed E-state index contributed by atoms with van der Waals surface area (Å²) in [6, 6.07) is 21.8. The maximum atomic E-state index is 13.7. The van der Waals surface area contributed by atoms with E-state index >= 15 is 0 Å². The van der Waals surface area contributed by atoms with E-state index in [1.807, 2.05) is 68.4 Å². The van der Waals surface area contributed by atoms with Crippen LogP contribution in [0.3, 0.4) is 0 Å². The van der Waals surface area contributed by atoms with Crippen LogP contribution in [0.2, 0.25) is 15.1 Å². The van der Waals surface area contributed by atoms with Crippen molar-refractivity contribution in [1.82, 2.24) is 10.2 Å². The molecule has 2 unspecified atom stereocenters. The van der Waals surface area contributed by atoms with E-state index in [0.717, 1.165) is 23.1 Å². The highest BCUT2D eigenvalue weighted by atomic mass is 35.5. The van der Waals surface area contributed by atoms with Crippen LogP contribution in [0.15, 0.2) is 72.8 Å². The molecule has 0 fully saturated rings. The molecule has 0 radical (unpaired) electrons. The van der Waals surface area contributed by atoms with Crippen LogP contribution in [0, 0.1) is 0 Å². The van der Waals surface area contributed by atoms with Gasteiger partial charge in [-0.3, -0.25) is 9.59 Å². The summed E-state index contributed by atoms with van der Waals surface area (Å²) < 4.78 is 0. The topological polar surface area (TPSA) is 49.4 Å². The minimum atomic E-state index is -0.695. The van der Waals surface area contributed by atoms with E-state index in [2.05, 4.69) is 5.32 Å². The zero-order valence-corrected chi connectivity index (χ0v) is 24.0. The van der Waals surface area contributed by atoms with E-state index in [1.165, 1.54) is 11.8 Å². The summed E-state index contributed by atoms with van der Waals surface area (Å²) in [7, 11) is 0. The summed E-state index contributed by atoms with van der Waals surface area (Å²) in [6.07, 6.45) is 1.19. The maximum Gasteiger partial charge on any atom is 0.243 e. The molecule has 2 amide bonds. The number of halogens is 3. The van der Waals surface area contributed by atoms with Crippen LogP contribution in [-0.2, 0) is 28.3 Å². The molecule has 4 nitrogen and oxygen atoms in total. The maximum absolute atomic E-state index is 13.7. The highest BCUT2D eigenvalue weighted by molar-refractivity contribution is 7.99. The van der Waals surface area contributed by atoms with E-state index < -0.39 is 6.04 Å². The van der Waals surface area contributed by atoms with E-state index in [-0.39, 0.29) is 30.2 Å². The lowest BCUT2D eigenvalue weighted by Crippen LogP contribution is -2.52. The number of carbonyl (C=O) groups excluding carboxylic acids is 2. The zero-order valence-electron chi connectivity index (χ0n) is 20.9. The Morgan fingerprint density at radius 1 is 0.919 bits per heavy atom. The number of nitrogens with zero attached hydrogens (tertiary/aromatic N) is 1. The van der Waals surface area contributed by atoms with Gasteiger partial charge in [0.25, 0.3) is 0 Å². The number of nitrogens with one attached hydrogen (secondary N) is 1. The number of benzene rings is 3. The molecular formula is C29H31Cl3N2O2S. The Labute approximate surface area is 238 Å². The standard InChI is InChI=1S/C29H31Cl3N2O2S/c1-3-20(2)33-29(36)27(15-21-9-5-4-6-10-21)34(17-22-11-7-8-12-25(22)31)28(35)19-37-18-23-13-14-24(30)16-26(23)32/h4-14,16,20,27H,3,15,17-19H2,1-2H3,(H,33,36). The predicted octanol–water partition coefficient (Wildman–Crippen LogP) is 7.43. The van der Waals surface area contributed by atoms with Gasteiger partial charge in [-0.05, 0) is 48.2 Å². The van der Waals surface area contributed by atoms with Crippen molar-refractivity contribution in [2.24, 2.45) is 0 Å². The average molecular weight is 578 g/mol. The van der Waals surface area contributed by atoms with Crippen molar-refractivity contribution in [3.05, 3.63) is 105 Å². The Morgan fingerprint density at radius 2 is 1.62 bits per heavy atom. The lowest BCUT2D eigenvalue weighted by atomic mass is 10.0. The fraction of sp³-hybridized carbons (Fsp3) is 0.310. The van der Waals surface area contributed by atoms with Crippen molar-refractivity contribution in [2.75, 3.05) is 5.75 Å². The minimum absolute atomic E-state index is 0.00976. The first-order valence-electron chi connectivity index (χ1n) is 12.2. The molecule has 0 aromatic heterocycles. The molecule has 0 saturated carbocycles. The van der Waals surface area contributed by atoms with Gasteiger partial charge in [-0.1, -0.05) is 96.3 Å². The second-order valence-corrected chi connectivity index (χ2v) is 11.1. The molecule has 3 rings (SSSR count). The van der Waals surface area contributed by atoms with Crippen LogP contribution in [0.5, 0.6) is 0 Å². The first-order chi connectivity index (χ1) is 17.8. The second-order valence-electron chi connectivity index (χ2n) is 8.86. The van der Waals surface area contributed by atoms with Gasteiger partial charge in [0.05, 0.1) is 5.75 Å². The van der Waals surface area contributed by atoms with Gasteiger partial charge in [0.15, 0.2) is 0 Å². The summed E-state index contributed by atoms with van der Waals surface area (Å²) in [5, 5.41) is 4.77. The number of hydrogen-bond acceptors (Lipinski definition) is 3.